The summed E-state index contributed by atoms with van der Waals surface area (Å²) in [6, 6.07) is 10.3. The number of nitrogens with zero attached hydrogens (tertiary/aromatic N) is 3. The molecule has 1 aliphatic heterocycles. The molecular formula is C19H23N3O2S. The molecule has 2 heterocycles. The van der Waals surface area contributed by atoms with Gasteiger partial charge in [0.25, 0.3) is 5.22 Å². The summed E-state index contributed by atoms with van der Waals surface area (Å²) >= 11 is 1.31. The molecule has 25 heavy (non-hydrogen) atoms. The second-order valence-electron chi connectivity index (χ2n) is 6.08. The van der Waals surface area contributed by atoms with Crippen LogP contribution in [-0.2, 0) is 4.79 Å². The normalized spacial score (nSPS) is 18.0. The summed E-state index contributed by atoms with van der Waals surface area (Å²) in [5, 5.41) is 8.45. The van der Waals surface area contributed by atoms with Crippen LogP contribution in [0, 0.1) is 0 Å². The molecule has 1 atom stereocenters. The highest BCUT2D eigenvalue weighted by atomic mass is 32.2. The number of rotatable bonds is 6. The average Bonchev–Trinajstić information content (AvgIpc) is 3.13. The van der Waals surface area contributed by atoms with Crippen LogP contribution in [0.2, 0.25) is 0 Å². The number of carbonyl (C=O) groups excluding carboxylic acids is 1. The van der Waals surface area contributed by atoms with Crippen molar-refractivity contribution >= 4 is 29.8 Å². The number of carbonyl (C=O) groups is 1. The average molecular weight is 357 g/mol. The predicted octanol–water partition coefficient (Wildman–Crippen LogP) is 4.12. The van der Waals surface area contributed by atoms with E-state index in [1.54, 1.807) is 6.08 Å². The van der Waals surface area contributed by atoms with Gasteiger partial charge in [0.05, 0.1) is 5.75 Å². The molecule has 1 unspecified atom stereocenters. The smallest absolute Gasteiger partial charge is 0.277 e. The third kappa shape index (κ3) is 4.95. The van der Waals surface area contributed by atoms with E-state index in [1.165, 1.54) is 18.2 Å². The summed E-state index contributed by atoms with van der Waals surface area (Å²) in [5.74, 6) is 0.958. The standard InChI is InChI=1S/C19H23N3O2S/c1-2-16-10-6-7-13-22(16)18(23)14-25-19-21-20-17(24-19)12-11-15-8-4-3-5-9-15/h3-5,8-9,11-12,16H,2,6-7,10,13-14H2,1H3. The van der Waals surface area contributed by atoms with E-state index in [4.69, 9.17) is 4.42 Å². The summed E-state index contributed by atoms with van der Waals surface area (Å²) in [7, 11) is 0. The lowest BCUT2D eigenvalue weighted by Crippen LogP contribution is -2.44. The van der Waals surface area contributed by atoms with Gasteiger partial charge >= 0.3 is 0 Å². The van der Waals surface area contributed by atoms with Crippen LogP contribution in [0.1, 0.15) is 44.1 Å². The van der Waals surface area contributed by atoms with Crippen molar-refractivity contribution < 1.29 is 9.21 Å². The van der Waals surface area contributed by atoms with Crippen molar-refractivity contribution in [1.82, 2.24) is 15.1 Å². The molecule has 2 aromatic rings. The van der Waals surface area contributed by atoms with Gasteiger partial charge in [-0.15, -0.1) is 10.2 Å². The van der Waals surface area contributed by atoms with Gasteiger partial charge in [-0.3, -0.25) is 4.79 Å². The second kappa shape index (κ2) is 8.85. The monoisotopic (exact) mass is 357 g/mol. The molecule has 0 spiro atoms. The SMILES string of the molecule is CCC1CCCCN1C(=O)CSc1nnc(C=Cc2ccccc2)o1. The van der Waals surface area contributed by atoms with E-state index in [9.17, 15) is 4.79 Å². The third-order valence-electron chi connectivity index (χ3n) is 4.38. The molecular weight excluding hydrogens is 334 g/mol. The summed E-state index contributed by atoms with van der Waals surface area (Å²) < 4.78 is 5.58. The topological polar surface area (TPSA) is 59.2 Å². The van der Waals surface area contributed by atoms with E-state index in [2.05, 4.69) is 17.1 Å². The van der Waals surface area contributed by atoms with Gasteiger partial charge in [0.15, 0.2) is 0 Å². The van der Waals surface area contributed by atoms with Crippen molar-refractivity contribution in [3.63, 3.8) is 0 Å². The first-order valence-electron chi connectivity index (χ1n) is 8.75. The zero-order valence-electron chi connectivity index (χ0n) is 14.4. The number of aromatic nitrogens is 2. The highest BCUT2D eigenvalue weighted by Gasteiger charge is 2.25. The Kier molecular flexibility index (Phi) is 6.28. The van der Waals surface area contributed by atoms with E-state index in [-0.39, 0.29) is 5.91 Å². The van der Waals surface area contributed by atoms with Gasteiger partial charge in [-0.25, -0.2) is 0 Å². The lowest BCUT2D eigenvalue weighted by Gasteiger charge is -2.35. The van der Waals surface area contributed by atoms with E-state index in [0.29, 0.717) is 22.9 Å². The van der Waals surface area contributed by atoms with Gasteiger partial charge in [-0.1, -0.05) is 49.0 Å². The first-order chi connectivity index (χ1) is 12.3. The van der Waals surface area contributed by atoms with Gasteiger partial charge in [0.2, 0.25) is 11.8 Å². The van der Waals surface area contributed by atoms with Gasteiger partial charge in [-0.05, 0) is 37.3 Å². The maximum Gasteiger partial charge on any atom is 0.277 e. The number of benzene rings is 1. The van der Waals surface area contributed by atoms with E-state index in [1.807, 2.05) is 41.3 Å². The fourth-order valence-corrected chi connectivity index (χ4v) is 3.69. The highest BCUT2D eigenvalue weighted by molar-refractivity contribution is 7.99. The van der Waals surface area contributed by atoms with E-state index in [0.717, 1.165) is 31.4 Å². The Hall–Kier alpha value is -2.08. The van der Waals surface area contributed by atoms with Crippen molar-refractivity contribution in [2.75, 3.05) is 12.3 Å². The Morgan fingerprint density at radius 3 is 2.92 bits per heavy atom. The van der Waals surface area contributed by atoms with Crippen molar-refractivity contribution in [2.45, 2.75) is 43.9 Å². The van der Waals surface area contributed by atoms with Crippen LogP contribution in [0.25, 0.3) is 12.2 Å². The summed E-state index contributed by atoms with van der Waals surface area (Å²) in [6.45, 7) is 3.01. The molecule has 1 aromatic carbocycles. The fraction of sp³-hybridized carbons (Fsp3) is 0.421. The second-order valence-corrected chi connectivity index (χ2v) is 7.01. The molecule has 0 aliphatic carbocycles. The van der Waals surface area contributed by atoms with Gasteiger partial charge in [-0.2, -0.15) is 0 Å². The number of thioether (sulfide) groups is 1. The Bertz CT molecular complexity index is 714. The molecule has 1 saturated heterocycles. The van der Waals surface area contributed by atoms with E-state index >= 15 is 0 Å². The van der Waals surface area contributed by atoms with Crippen molar-refractivity contribution in [3.8, 4) is 0 Å². The van der Waals surface area contributed by atoms with Crippen LogP contribution in [-0.4, -0.2) is 39.3 Å². The van der Waals surface area contributed by atoms with Crippen LogP contribution in [0.5, 0.6) is 0 Å². The maximum atomic E-state index is 12.5. The van der Waals surface area contributed by atoms with Crippen molar-refractivity contribution in [3.05, 3.63) is 41.8 Å². The third-order valence-corrected chi connectivity index (χ3v) is 5.18. The minimum Gasteiger partial charge on any atom is -0.412 e. The predicted molar refractivity (Wildman–Crippen MR) is 100 cm³/mol. The Morgan fingerprint density at radius 2 is 2.12 bits per heavy atom. The van der Waals surface area contributed by atoms with Crippen LogP contribution in [0.3, 0.4) is 0 Å². The Morgan fingerprint density at radius 1 is 1.28 bits per heavy atom. The lowest BCUT2D eigenvalue weighted by atomic mass is 10.0. The molecule has 6 heteroatoms. The zero-order chi connectivity index (χ0) is 17.5. The zero-order valence-corrected chi connectivity index (χ0v) is 15.2. The Labute approximate surface area is 152 Å². The molecule has 1 aliphatic rings. The van der Waals surface area contributed by atoms with Crippen LogP contribution in [0.15, 0.2) is 40.0 Å². The molecule has 0 N–H and O–H groups in total. The number of likely N-dealkylation sites (tertiary alicyclic amines) is 1. The lowest BCUT2D eigenvalue weighted by molar-refractivity contribution is -0.132. The Balaban J connectivity index is 1.53. The van der Waals surface area contributed by atoms with Crippen LogP contribution >= 0.6 is 11.8 Å². The van der Waals surface area contributed by atoms with Crippen LogP contribution < -0.4 is 0 Å². The quantitative estimate of drug-likeness (QED) is 0.728. The van der Waals surface area contributed by atoms with Gasteiger partial charge in [0, 0.05) is 18.7 Å². The molecule has 132 valence electrons. The molecule has 0 bridgehead atoms. The largest absolute Gasteiger partial charge is 0.412 e. The maximum absolute atomic E-state index is 12.5. The molecule has 3 rings (SSSR count). The molecule has 0 radical (unpaired) electrons. The summed E-state index contributed by atoms with van der Waals surface area (Å²) in [4.78, 5) is 14.5. The van der Waals surface area contributed by atoms with Crippen molar-refractivity contribution in [2.24, 2.45) is 0 Å². The number of hydrogen-bond acceptors (Lipinski definition) is 5. The molecule has 1 aromatic heterocycles. The first kappa shape index (κ1) is 17.7. The molecule has 0 saturated carbocycles. The number of piperidine rings is 1. The van der Waals surface area contributed by atoms with Crippen LogP contribution in [0.4, 0.5) is 0 Å². The number of hydrogen-bond donors (Lipinski definition) is 0. The molecule has 1 fully saturated rings. The molecule has 1 amide bonds. The van der Waals surface area contributed by atoms with Gasteiger partial charge in [0.1, 0.15) is 0 Å². The minimum atomic E-state index is 0.163. The fourth-order valence-electron chi connectivity index (χ4n) is 3.04. The highest BCUT2D eigenvalue weighted by Crippen LogP contribution is 2.23. The number of amides is 1. The first-order valence-corrected chi connectivity index (χ1v) is 9.73. The van der Waals surface area contributed by atoms with Crippen molar-refractivity contribution in [1.29, 1.82) is 0 Å². The summed E-state index contributed by atoms with van der Waals surface area (Å²) in [5.41, 5.74) is 1.07. The minimum absolute atomic E-state index is 0.163. The van der Waals surface area contributed by atoms with E-state index < -0.39 is 0 Å². The molecule has 5 nitrogen and oxygen atoms in total. The summed E-state index contributed by atoms with van der Waals surface area (Å²) in [6.07, 6.45) is 8.16. The van der Waals surface area contributed by atoms with Gasteiger partial charge < -0.3 is 9.32 Å².